The summed E-state index contributed by atoms with van der Waals surface area (Å²) in [5.74, 6) is 0.751. The number of methoxy groups -OCH3 is 1. The van der Waals surface area contributed by atoms with Crippen LogP contribution in [-0.2, 0) is 0 Å². The molecule has 1 unspecified atom stereocenters. The Hall–Kier alpha value is -0.840. The van der Waals surface area contributed by atoms with Gasteiger partial charge >= 0.3 is 0 Å². The molecule has 1 atom stereocenters. The molecule has 0 radical (unpaired) electrons. The third-order valence-corrected chi connectivity index (χ3v) is 2.41. The van der Waals surface area contributed by atoms with Gasteiger partial charge in [0.2, 0.25) is 0 Å². The van der Waals surface area contributed by atoms with E-state index >= 15 is 0 Å². The van der Waals surface area contributed by atoms with Crippen LogP contribution in [-0.4, -0.2) is 25.3 Å². The average Bonchev–Trinajstić information content (AvgIpc) is 2.28. The molecule has 88 valence electrons. The van der Waals surface area contributed by atoms with Crippen LogP contribution in [0.15, 0.2) is 35.3 Å². The van der Waals surface area contributed by atoms with E-state index in [2.05, 4.69) is 27.8 Å². The average molecular weight is 286 g/mol. The highest BCUT2D eigenvalue weighted by molar-refractivity contribution is 9.11. The summed E-state index contributed by atoms with van der Waals surface area (Å²) in [6.07, 6.45) is -0.540. The number of ether oxygens (including phenoxy) is 1. The molecule has 0 saturated heterocycles. The van der Waals surface area contributed by atoms with Gasteiger partial charge < -0.3 is 15.2 Å². The van der Waals surface area contributed by atoms with Gasteiger partial charge in [-0.25, -0.2) is 0 Å². The van der Waals surface area contributed by atoms with E-state index in [4.69, 9.17) is 4.74 Å². The Kier molecular flexibility index (Phi) is 5.52. The van der Waals surface area contributed by atoms with Gasteiger partial charge in [-0.2, -0.15) is 0 Å². The molecule has 0 aliphatic heterocycles. The Balaban J connectivity index is 2.51. The van der Waals surface area contributed by atoms with Crippen LogP contribution in [0.1, 0.15) is 11.7 Å². The summed E-state index contributed by atoms with van der Waals surface area (Å²) in [6, 6.07) is 7.41. The SMILES string of the molecule is C=C(Br)CNCC(O)c1cccc(OC)c1. The topological polar surface area (TPSA) is 41.5 Å². The van der Waals surface area contributed by atoms with Gasteiger partial charge in [0.25, 0.3) is 0 Å². The second kappa shape index (κ2) is 6.68. The van der Waals surface area contributed by atoms with Gasteiger partial charge in [-0.15, -0.1) is 0 Å². The summed E-state index contributed by atoms with van der Waals surface area (Å²) >= 11 is 3.24. The van der Waals surface area contributed by atoms with E-state index in [9.17, 15) is 5.11 Å². The van der Waals surface area contributed by atoms with E-state index in [0.29, 0.717) is 13.1 Å². The van der Waals surface area contributed by atoms with Crippen molar-refractivity contribution in [2.45, 2.75) is 6.10 Å². The number of nitrogens with one attached hydrogen (secondary N) is 1. The fourth-order valence-electron chi connectivity index (χ4n) is 1.31. The van der Waals surface area contributed by atoms with E-state index in [1.54, 1.807) is 7.11 Å². The second-order valence-electron chi connectivity index (χ2n) is 3.44. The van der Waals surface area contributed by atoms with Crippen LogP contribution in [0.4, 0.5) is 0 Å². The van der Waals surface area contributed by atoms with Gasteiger partial charge in [0.1, 0.15) is 5.75 Å². The summed E-state index contributed by atoms with van der Waals surface area (Å²) in [4.78, 5) is 0. The summed E-state index contributed by atoms with van der Waals surface area (Å²) in [7, 11) is 1.61. The highest BCUT2D eigenvalue weighted by Crippen LogP contribution is 2.18. The number of halogens is 1. The lowest BCUT2D eigenvalue weighted by molar-refractivity contribution is 0.176. The molecule has 1 aromatic rings. The first kappa shape index (κ1) is 13.2. The number of hydrogen-bond donors (Lipinski definition) is 2. The Labute approximate surface area is 104 Å². The fourth-order valence-corrected chi connectivity index (χ4v) is 1.51. The van der Waals surface area contributed by atoms with Crippen molar-refractivity contribution in [3.8, 4) is 5.75 Å². The van der Waals surface area contributed by atoms with Crippen LogP contribution < -0.4 is 10.1 Å². The van der Waals surface area contributed by atoms with Crippen LogP contribution in [0.2, 0.25) is 0 Å². The first-order valence-corrected chi connectivity index (χ1v) is 5.79. The minimum absolute atomic E-state index is 0.484. The maximum absolute atomic E-state index is 9.89. The zero-order valence-electron chi connectivity index (χ0n) is 9.24. The van der Waals surface area contributed by atoms with Crippen LogP contribution in [0.3, 0.4) is 0 Å². The first-order chi connectivity index (χ1) is 7.63. The van der Waals surface area contributed by atoms with Gasteiger partial charge in [0.15, 0.2) is 0 Å². The smallest absolute Gasteiger partial charge is 0.119 e. The zero-order chi connectivity index (χ0) is 12.0. The number of benzene rings is 1. The van der Waals surface area contributed by atoms with Crippen molar-refractivity contribution in [1.29, 1.82) is 0 Å². The minimum atomic E-state index is -0.540. The summed E-state index contributed by atoms with van der Waals surface area (Å²) in [5, 5.41) is 13.0. The van der Waals surface area contributed by atoms with Crippen LogP contribution >= 0.6 is 15.9 Å². The standard InChI is InChI=1S/C12H16BrNO2/c1-9(13)7-14-8-12(15)10-4-3-5-11(6-10)16-2/h3-6,12,14-15H,1,7-8H2,2H3. The van der Waals surface area contributed by atoms with E-state index in [1.807, 2.05) is 24.3 Å². The van der Waals surface area contributed by atoms with E-state index < -0.39 is 6.10 Å². The quantitative estimate of drug-likeness (QED) is 0.842. The van der Waals surface area contributed by atoms with Crippen molar-refractivity contribution < 1.29 is 9.84 Å². The highest BCUT2D eigenvalue weighted by atomic mass is 79.9. The van der Waals surface area contributed by atoms with Crippen LogP contribution in [0.5, 0.6) is 5.75 Å². The maximum Gasteiger partial charge on any atom is 0.119 e. The fraction of sp³-hybridized carbons (Fsp3) is 0.333. The lowest BCUT2D eigenvalue weighted by Gasteiger charge is -2.12. The molecular formula is C12H16BrNO2. The molecule has 0 amide bonds. The molecule has 0 fully saturated rings. The predicted molar refractivity (Wildman–Crippen MR) is 68.9 cm³/mol. The zero-order valence-corrected chi connectivity index (χ0v) is 10.8. The number of rotatable bonds is 6. The Morgan fingerprint density at radius 3 is 3.00 bits per heavy atom. The normalized spacial score (nSPS) is 12.2. The number of hydrogen-bond acceptors (Lipinski definition) is 3. The summed E-state index contributed by atoms with van der Waals surface area (Å²) in [5.41, 5.74) is 0.840. The molecule has 0 heterocycles. The van der Waals surface area contributed by atoms with Crippen molar-refractivity contribution in [3.63, 3.8) is 0 Å². The van der Waals surface area contributed by atoms with Crippen LogP contribution in [0, 0.1) is 0 Å². The van der Waals surface area contributed by atoms with Crippen molar-refractivity contribution in [1.82, 2.24) is 5.32 Å². The maximum atomic E-state index is 9.89. The van der Waals surface area contributed by atoms with Crippen molar-refractivity contribution >= 4 is 15.9 Å². The van der Waals surface area contributed by atoms with Crippen molar-refractivity contribution in [3.05, 3.63) is 40.9 Å². The third-order valence-electron chi connectivity index (χ3n) is 2.13. The molecule has 0 aliphatic carbocycles. The van der Waals surface area contributed by atoms with Crippen molar-refractivity contribution in [2.24, 2.45) is 0 Å². The molecule has 0 spiro atoms. The van der Waals surface area contributed by atoms with Gasteiger partial charge in [0.05, 0.1) is 13.2 Å². The summed E-state index contributed by atoms with van der Waals surface area (Å²) < 4.78 is 5.96. The number of aliphatic hydroxyl groups excluding tert-OH is 1. The minimum Gasteiger partial charge on any atom is -0.497 e. The molecule has 0 saturated carbocycles. The highest BCUT2D eigenvalue weighted by Gasteiger charge is 2.07. The molecule has 1 rings (SSSR count). The van der Waals surface area contributed by atoms with Crippen molar-refractivity contribution in [2.75, 3.05) is 20.2 Å². The van der Waals surface area contributed by atoms with Gasteiger partial charge in [-0.3, -0.25) is 0 Å². The Morgan fingerprint density at radius 2 is 2.38 bits per heavy atom. The summed E-state index contributed by atoms with van der Waals surface area (Å²) in [6.45, 7) is 4.83. The molecule has 0 aliphatic rings. The van der Waals surface area contributed by atoms with E-state index in [0.717, 1.165) is 15.8 Å². The Morgan fingerprint density at radius 1 is 1.62 bits per heavy atom. The molecule has 0 bridgehead atoms. The first-order valence-electron chi connectivity index (χ1n) is 4.99. The van der Waals surface area contributed by atoms with Gasteiger partial charge in [-0.1, -0.05) is 34.6 Å². The lowest BCUT2D eigenvalue weighted by atomic mass is 10.1. The third kappa shape index (κ3) is 4.35. The number of aliphatic hydroxyl groups is 1. The van der Waals surface area contributed by atoms with Gasteiger partial charge in [-0.05, 0) is 17.7 Å². The molecule has 3 nitrogen and oxygen atoms in total. The largest absolute Gasteiger partial charge is 0.497 e. The molecule has 0 aromatic heterocycles. The lowest BCUT2D eigenvalue weighted by Crippen LogP contribution is -2.22. The van der Waals surface area contributed by atoms with Crippen LogP contribution in [0.25, 0.3) is 0 Å². The van der Waals surface area contributed by atoms with E-state index in [-0.39, 0.29) is 0 Å². The molecule has 16 heavy (non-hydrogen) atoms. The van der Waals surface area contributed by atoms with Gasteiger partial charge in [0, 0.05) is 17.6 Å². The predicted octanol–water partition coefficient (Wildman–Crippen LogP) is 2.23. The molecule has 4 heteroatoms. The van der Waals surface area contributed by atoms with E-state index in [1.165, 1.54) is 0 Å². The second-order valence-corrected chi connectivity index (χ2v) is 4.56. The molecule has 2 N–H and O–H groups in total. The monoisotopic (exact) mass is 285 g/mol. The molecule has 1 aromatic carbocycles. The molecular weight excluding hydrogens is 270 g/mol. The Bertz CT molecular complexity index is 355.